The van der Waals surface area contributed by atoms with E-state index in [1.807, 2.05) is 38.4 Å². The molecule has 0 aromatic heterocycles. The van der Waals surface area contributed by atoms with Crippen molar-refractivity contribution in [1.82, 2.24) is 4.90 Å². The van der Waals surface area contributed by atoms with E-state index in [9.17, 15) is 24.0 Å². The van der Waals surface area contributed by atoms with E-state index in [-0.39, 0.29) is 57.8 Å². The van der Waals surface area contributed by atoms with Crippen LogP contribution in [0.4, 0.5) is 4.79 Å². The molecule has 0 heterocycles. The standard InChI is InChI=1S/C39H67NO11/c1-5-7-9-11-13-15-21-28-46-35(41)25-19-17-23-30-48-37(43)33-34(51-39(45)50-32-27-40(3)4)38(44)49-31-24-18-20-26-36(42)47-29-22-16-14-12-10-8-6-2/h15-16,21-22,34H,5-14,17-20,23-33H2,1-4H3/b21-15-,22-16-. The average Bonchev–Trinajstić information content (AvgIpc) is 3.09. The van der Waals surface area contributed by atoms with Crippen LogP contribution < -0.4 is 0 Å². The van der Waals surface area contributed by atoms with Crippen LogP contribution in [-0.4, -0.2) is 94.7 Å². The molecule has 0 aromatic rings. The molecule has 1 unspecified atom stereocenters. The Hall–Kier alpha value is -3.41. The minimum atomic E-state index is -1.53. The fourth-order valence-corrected chi connectivity index (χ4v) is 4.57. The predicted molar refractivity (Wildman–Crippen MR) is 196 cm³/mol. The maximum atomic E-state index is 12.7. The van der Waals surface area contributed by atoms with E-state index in [4.69, 9.17) is 28.4 Å². The highest BCUT2D eigenvalue weighted by atomic mass is 16.7. The molecule has 0 aliphatic heterocycles. The maximum Gasteiger partial charge on any atom is 0.509 e. The normalized spacial score (nSPS) is 11.9. The Bertz CT molecular complexity index is 980. The van der Waals surface area contributed by atoms with Crippen LogP contribution in [0.5, 0.6) is 0 Å². The molecule has 12 heteroatoms. The Morgan fingerprint density at radius 1 is 0.529 bits per heavy atom. The van der Waals surface area contributed by atoms with Gasteiger partial charge in [-0.15, -0.1) is 0 Å². The largest absolute Gasteiger partial charge is 0.509 e. The molecule has 0 aromatic carbocycles. The zero-order valence-electron chi connectivity index (χ0n) is 32.0. The number of likely N-dealkylation sites (N-methyl/N-ethyl adjacent to an activating group) is 1. The van der Waals surface area contributed by atoms with Crippen LogP contribution in [-0.2, 0) is 47.6 Å². The second kappa shape index (κ2) is 35.0. The van der Waals surface area contributed by atoms with Crippen molar-refractivity contribution in [2.24, 2.45) is 0 Å². The molecule has 12 nitrogen and oxygen atoms in total. The van der Waals surface area contributed by atoms with E-state index in [1.54, 1.807) is 4.90 Å². The molecular formula is C39H67NO11. The zero-order chi connectivity index (χ0) is 37.8. The minimum absolute atomic E-state index is 0.0248. The third-order valence-corrected chi connectivity index (χ3v) is 7.63. The summed E-state index contributed by atoms with van der Waals surface area (Å²) in [5.41, 5.74) is 0. The first-order valence-corrected chi connectivity index (χ1v) is 19.1. The van der Waals surface area contributed by atoms with Crippen LogP contribution in [0.15, 0.2) is 24.3 Å². The second-order valence-corrected chi connectivity index (χ2v) is 12.7. The van der Waals surface area contributed by atoms with Gasteiger partial charge in [0.25, 0.3) is 0 Å². The number of rotatable bonds is 33. The highest BCUT2D eigenvalue weighted by Gasteiger charge is 2.29. The van der Waals surface area contributed by atoms with Crippen LogP contribution >= 0.6 is 0 Å². The van der Waals surface area contributed by atoms with Crippen molar-refractivity contribution >= 4 is 30.0 Å². The summed E-state index contributed by atoms with van der Waals surface area (Å²) in [6, 6.07) is 0. The number of carbonyl (C=O) groups excluding carboxylic acids is 5. The molecule has 1 atom stereocenters. The molecule has 0 aliphatic rings. The monoisotopic (exact) mass is 725 g/mol. The summed E-state index contributed by atoms with van der Waals surface area (Å²) < 4.78 is 31.0. The Kier molecular flexibility index (Phi) is 32.7. The zero-order valence-corrected chi connectivity index (χ0v) is 32.0. The SMILES string of the molecule is CCCCCC/C=C\COC(=O)CCCCCOC(=O)CC(OC(=O)OCCN(C)C)C(=O)OCCCCCC(=O)OC/C=C\CCCCCC. The van der Waals surface area contributed by atoms with Gasteiger partial charge in [0.15, 0.2) is 0 Å². The van der Waals surface area contributed by atoms with Crippen LogP contribution in [0.2, 0.25) is 0 Å². The molecule has 0 saturated carbocycles. The summed E-state index contributed by atoms with van der Waals surface area (Å²) in [5, 5.41) is 0. The first-order chi connectivity index (χ1) is 24.7. The molecule has 294 valence electrons. The lowest BCUT2D eigenvalue weighted by Gasteiger charge is -2.17. The van der Waals surface area contributed by atoms with E-state index in [0.29, 0.717) is 45.1 Å². The van der Waals surface area contributed by atoms with Crippen LogP contribution in [0.25, 0.3) is 0 Å². The first kappa shape index (κ1) is 47.6. The van der Waals surface area contributed by atoms with Crippen molar-refractivity contribution in [1.29, 1.82) is 0 Å². The molecule has 0 fully saturated rings. The van der Waals surface area contributed by atoms with Gasteiger partial charge in [0.1, 0.15) is 19.8 Å². The summed E-state index contributed by atoms with van der Waals surface area (Å²) in [6.07, 6.45) is 20.2. The third-order valence-electron chi connectivity index (χ3n) is 7.63. The maximum absolute atomic E-state index is 12.7. The number of carbonyl (C=O) groups is 5. The van der Waals surface area contributed by atoms with E-state index >= 15 is 0 Å². The molecule has 0 saturated heterocycles. The van der Waals surface area contributed by atoms with Crippen molar-refractivity contribution < 1.29 is 52.4 Å². The number of esters is 4. The van der Waals surface area contributed by atoms with Gasteiger partial charge >= 0.3 is 30.0 Å². The summed E-state index contributed by atoms with van der Waals surface area (Å²) in [4.78, 5) is 63.0. The smallest absolute Gasteiger partial charge is 0.466 e. The van der Waals surface area contributed by atoms with Gasteiger partial charge in [0.2, 0.25) is 6.10 Å². The molecule has 51 heavy (non-hydrogen) atoms. The third kappa shape index (κ3) is 33.5. The number of allylic oxidation sites excluding steroid dienone is 2. The Morgan fingerprint density at radius 3 is 1.55 bits per heavy atom. The topological polar surface area (TPSA) is 144 Å². The lowest BCUT2D eigenvalue weighted by Crippen LogP contribution is -2.33. The van der Waals surface area contributed by atoms with Crippen molar-refractivity contribution in [3.63, 3.8) is 0 Å². The minimum Gasteiger partial charge on any atom is -0.466 e. The fraction of sp³-hybridized carbons (Fsp3) is 0.769. The van der Waals surface area contributed by atoms with Gasteiger partial charge in [-0.05, 0) is 78.3 Å². The lowest BCUT2D eigenvalue weighted by molar-refractivity contribution is -0.161. The van der Waals surface area contributed by atoms with Gasteiger partial charge in [-0.2, -0.15) is 0 Å². The summed E-state index contributed by atoms with van der Waals surface area (Å²) in [6.45, 7) is 5.48. The van der Waals surface area contributed by atoms with Crippen LogP contribution in [0, 0.1) is 0 Å². The average molecular weight is 726 g/mol. The molecule has 0 aliphatic carbocycles. The Labute approximate surface area is 306 Å². The number of hydrogen-bond donors (Lipinski definition) is 0. The number of nitrogens with zero attached hydrogens (tertiary/aromatic N) is 1. The number of unbranched alkanes of at least 4 members (excludes halogenated alkanes) is 12. The van der Waals surface area contributed by atoms with E-state index in [1.165, 1.54) is 38.5 Å². The summed E-state index contributed by atoms with van der Waals surface area (Å²) in [7, 11) is 3.62. The van der Waals surface area contributed by atoms with Gasteiger partial charge < -0.3 is 33.3 Å². The fourth-order valence-electron chi connectivity index (χ4n) is 4.57. The lowest BCUT2D eigenvalue weighted by atomic mass is 10.1. The van der Waals surface area contributed by atoms with Gasteiger partial charge in [-0.1, -0.05) is 76.7 Å². The van der Waals surface area contributed by atoms with Gasteiger partial charge in [-0.25, -0.2) is 9.59 Å². The quantitative estimate of drug-likeness (QED) is 0.0282. The van der Waals surface area contributed by atoms with Gasteiger partial charge in [0, 0.05) is 19.4 Å². The molecule has 0 spiro atoms. The second-order valence-electron chi connectivity index (χ2n) is 12.7. The van der Waals surface area contributed by atoms with Crippen molar-refractivity contribution in [2.75, 3.05) is 53.7 Å². The first-order valence-electron chi connectivity index (χ1n) is 19.1. The van der Waals surface area contributed by atoms with E-state index < -0.39 is 30.6 Å². The van der Waals surface area contributed by atoms with E-state index in [0.717, 1.165) is 25.7 Å². The highest BCUT2D eigenvalue weighted by molar-refractivity contribution is 5.83. The summed E-state index contributed by atoms with van der Waals surface area (Å²) >= 11 is 0. The van der Waals surface area contributed by atoms with Crippen molar-refractivity contribution in [3.8, 4) is 0 Å². The van der Waals surface area contributed by atoms with Crippen LogP contribution in [0.1, 0.15) is 136 Å². The Morgan fingerprint density at radius 2 is 1.04 bits per heavy atom. The molecule has 0 radical (unpaired) electrons. The predicted octanol–water partition coefficient (Wildman–Crippen LogP) is 7.81. The number of hydrogen-bond acceptors (Lipinski definition) is 12. The number of ether oxygens (including phenoxy) is 6. The summed E-state index contributed by atoms with van der Waals surface area (Å²) in [5.74, 6) is -2.17. The molecule has 0 rings (SSSR count). The highest BCUT2D eigenvalue weighted by Crippen LogP contribution is 2.10. The van der Waals surface area contributed by atoms with Crippen LogP contribution in [0.3, 0.4) is 0 Å². The van der Waals surface area contributed by atoms with Gasteiger partial charge in [-0.3, -0.25) is 14.4 Å². The van der Waals surface area contributed by atoms with Crippen molar-refractivity contribution in [2.45, 2.75) is 142 Å². The van der Waals surface area contributed by atoms with Crippen molar-refractivity contribution in [3.05, 3.63) is 24.3 Å². The molecule has 0 N–H and O–H groups in total. The molecule has 0 amide bonds. The molecular weight excluding hydrogens is 658 g/mol. The van der Waals surface area contributed by atoms with E-state index in [2.05, 4.69) is 13.8 Å². The Balaban J connectivity index is 4.38. The van der Waals surface area contributed by atoms with Gasteiger partial charge in [0.05, 0.1) is 19.6 Å². The molecule has 0 bridgehead atoms.